The van der Waals surface area contributed by atoms with Crippen molar-refractivity contribution in [1.82, 2.24) is 14.7 Å². The maximum Gasteiger partial charge on any atom is 0.355 e. The van der Waals surface area contributed by atoms with E-state index in [0.717, 1.165) is 11.1 Å². The lowest BCUT2D eigenvalue weighted by atomic mass is 9.85. The van der Waals surface area contributed by atoms with Crippen molar-refractivity contribution in [2.75, 3.05) is 32.2 Å². The van der Waals surface area contributed by atoms with Crippen LogP contribution >= 0.6 is 0 Å². The van der Waals surface area contributed by atoms with Crippen molar-refractivity contribution in [3.05, 3.63) is 41.0 Å². The van der Waals surface area contributed by atoms with E-state index in [9.17, 15) is 4.79 Å². The molecule has 1 fully saturated rings. The number of nitrogens with two attached hydrogens (primary N) is 1. The van der Waals surface area contributed by atoms with Crippen LogP contribution in [0.2, 0.25) is 0 Å². The summed E-state index contributed by atoms with van der Waals surface area (Å²) in [6.07, 6.45) is -0.0230. The number of ether oxygens (including phenoxy) is 3. The molecular formula is C23H30N5O5+. The molecular weight excluding hydrogens is 426 g/mol. The molecule has 10 nitrogen and oxygen atoms in total. The summed E-state index contributed by atoms with van der Waals surface area (Å²) in [5, 5.41) is 17.9. The van der Waals surface area contributed by atoms with Gasteiger partial charge in [0.05, 0.1) is 19.8 Å². The van der Waals surface area contributed by atoms with Crippen LogP contribution in [-0.4, -0.2) is 58.1 Å². The molecule has 3 aromatic rings. The van der Waals surface area contributed by atoms with Crippen molar-refractivity contribution in [2.45, 2.75) is 45.8 Å². The Morgan fingerprint density at radius 2 is 2.06 bits per heavy atom. The van der Waals surface area contributed by atoms with Crippen molar-refractivity contribution in [2.24, 2.45) is 0 Å². The monoisotopic (exact) mass is 456 g/mol. The average molecular weight is 457 g/mol. The highest BCUT2D eigenvalue weighted by atomic mass is 16.6. The Morgan fingerprint density at radius 1 is 1.30 bits per heavy atom. The topological polar surface area (TPSA) is 125 Å². The molecule has 176 valence electrons. The first-order chi connectivity index (χ1) is 15.7. The van der Waals surface area contributed by atoms with Gasteiger partial charge in [-0.15, -0.1) is 4.68 Å². The number of carbonyl (C=O) groups is 1. The number of nitrogen functional groups attached to an aromatic ring is 1. The Kier molecular flexibility index (Phi) is 6.22. The largest absolute Gasteiger partial charge is 0.491 e. The molecule has 0 amide bonds. The van der Waals surface area contributed by atoms with Gasteiger partial charge in [0.2, 0.25) is 5.78 Å². The Bertz CT molecular complexity index is 1180. The summed E-state index contributed by atoms with van der Waals surface area (Å²) in [7, 11) is 0. The SMILES string of the molecule is Cc1cc(OC2COC2)nn2c(N)n[n+](CC(=O)c3cc(OCCO)cc(C(C)(C)C)c3)c12. The molecule has 3 heterocycles. The van der Waals surface area contributed by atoms with Gasteiger partial charge in [-0.05, 0) is 46.3 Å². The van der Waals surface area contributed by atoms with E-state index in [1.165, 1.54) is 4.52 Å². The molecule has 4 rings (SSSR count). The van der Waals surface area contributed by atoms with Crippen LogP contribution in [0.3, 0.4) is 0 Å². The Morgan fingerprint density at radius 3 is 2.70 bits per heavy atom. The van der Waals surface area contributed by atoms with E-state index in [1.54, 1.807) is 16.8 Å². The maximum atomic E-state index is 13.3. The molecule has 2 aromatic heterocycles. The first-order valence-corrected chi connectivity index (χ1v) is 10.9. The summed E-state index contributed by atoms with van der Waals surface area (Å²) in [4.78, 5) is 13.3. The quantitative estimate of drug-likeness (QED) is 0.383. The van der Waals surface area contributed by atoms with Gasteiger partial charge in [0.15, 0.2) is 6.54 Å². The fourth-order valence-electron chi connectivity index (χ4n) is 3.57. The van der Waals surface area contributed by atoms with Crippen molar-refractivity contribution in [3.63, 3.8) is 0 Å². The number of aryl methyl sites for hydroxylation is 1. The van der Waals surface area contributed by atoms with Gasteiger partial charge in [-0.25, -0.2) is 0 Å². The molecule has 0 atom stereocenters. The Hall–Kier alpha value is -3.24. The number of hydrogen-bond acceptors (Lipinski definition) is 8. The fourth-order valence-corrected chi connectivity index (χ4v) is 3.57. The van der Waals surface area contributed by atoms with E-state index in [1.807, 2.05) is 19.1 Å². The molecule has 1 aliphatic rings. The number of hydrogen-bond donors (Lipinski definition) is 2. The first kappa shape index (κ1) is 22.9. The van der Waals surface area contributed by atoms with Gasteiger partial charge in [-0.1, -0.05) is 25.3 Å². The zero-order valence-electron chi connectivity index (χ0n) is 19.4. The van der Waals surface area contributed by atoms with Crippen LogP contribution < -0.4 is 19.9 Å². The van der Waals surface area contributed by atoms with Gasteiger partial charge >= 0.3 is 11.6 Å². The number of nitrogens with zero attached hydrogens (tertiary/aromatic N) is 4. The smallest absolute Gasteiger partial charge is 0.355 e. The van der Waals surface area contributed by atoms with E-state index < -0.39 is 0 Å². The Labute approximate surface area is 191 Å². The summed E-state index contributed by atoms with van der Waals surface area (Å²) in [5.41, 5.74) is 8.81. The molecule has 0 spiro atoms. The second-order valence-corrected chi connectivity index (χ2v) is 9.19. The number of fused-ring (bicyclic) bond motifs is 1. The number of Topliss-reactive ketones (excluding diaryl/α,β-unsaturated/α-hetero) is 1. The molecule has 0 unspecified atom stereocenters. The molecule has 1 aromatic carbocycles. The summed E-state index contributed by atoms with van der Waals surface area (Å²) in [6.45, 7) is 9.18. The van der Waals surface area contributed by atoms with Crippen LogP contribution in [0.15, 0.2) is 24.3 Å². The molecule has 1 saturated heterocycles. The highest BCUT2D eigenvalue weighted by Crippen LogP contribution is 2.28. The number of ketones is 1. The Balaban J connectivity index is 1.64. The number of aromatic nitrogens is 4. The summed E-state index contributed by atoms with van der Waals surface area (Å²) in [5.74, 6) is 0.982. The van der Waals surface area contributed by atoms with Crippen LogP contribution in [-0.2, 0) is 16.7 Å². The van der Waals surface area contributed by atoms with Gasteiger partial charge in [-0.2, -0.15) is 0 Å². The summed E-state index contributed by atoms with van der Waals surface area (Å²) >= 11 is 0. The lowest BCUT2D eigenvalue weighted by Crippen LogP contribution is -2.41. The van der Waals surface area contributed by atoms with Crippen LogP contribution in [0.5, 0.6) is 11.6 Å². The fraction of sp³-hybridized carbons (Fsp3) is 0.478. The lowest BCUT2D eigenvalue weighted by molar-refractivity contribution is -0.714. The summed E-state index contributed by atoms with van der Waals surface area (Å²) in [6, 6.07) is 7.25. The molecule has 33 heavy (non-hydrogen) atoms. The van der Waals surface area contributed by atoms with Gasteiger partial charge in [-0.3, -0.25) is 4.79 Å². The number of aliphatic hydroxyl groups excluding tert-OH is 1. The molecule has 3 N–H and O–H groups in total. The predicted octanol–water partition coefficient (Wildman–Crippen LogP) is 1.24. The van der Waals surface area contributed by atoms with Crippen molar-refractivity contribution < 1.29 is 28.8 Å². The van der Waals surface area contributed by atoms with Crippen molar-refractivity contribution in [3.8, 4) is 11.6 Å². The molecule has 0 radical (unpaired) electrons. The molecule has 0 bridgehead atoms. The summed E-state index contributed by atoms with van der Waals surface area (Å²) < 4.78 is 19.6. The minimum atomic E-state index is -0.186. The second kappa shape index (κ2) is 8.95. The minimum absolute atomic E-state index is 0.0209. The van der Waals surface area contributed by atoms with Crippen LogP contribution in [0.4, 0.5) is 5.95 Å². The van der Waals surface area contributed by atoms with Crippen LogP contribution in [0.25, 0.3) is 5.65 Å². The third kappa shape index (κ3) is 4.91. The standard InChI is InChI=1S/C23H30N5O5/c1-14-7-20(33-18-12-31-13-18)25-28-21(14)27(26-22(28)24)11-19(30)15-8-16(23(2,3)4)10-17(9-15)32-6-5-29/h7-10,18,29H,5-6,11-13H2,1-4H3,(H2,24,26)/q+1. The zero-order valence-corrected chi connectivity index (χ0v) is 19.4. The maximum absolute atomic E-state index is 13.3. The predicted molar refractivity (Wildman–Crippen MR) is 120 cm³/mol. The number of carbonyl (C=O) groups excluding carboxylic acids is 1. The second-order valence-electron chi connectivity index (χ2n) is 9.19. The van der Waals surface area contributed by atoms with Gasteiger partial charge in [0.25, 0.3) is 5.88 Å². The highest BCUT2D eigenvalue weighted by molar-refractivity contribution is 5.95. The van der Waals surface area contributed by atoms with Crippen LogP contribution in [0.1, 0.15) is 42.3 Å². The van der Waals surface area contributed by atoms with Crippen molar-refractivity contribution >= 4 is 17.4 Å². The average Bonchev–Trinajstić information content (AvgIpc) is 3.04. The third-order valence-corrected chi connectivity index (χ3v) is 5.42. The molecule has 1 aliphatic heterocycles. The number of rotatable bonds is 8. The van der Waals surface area contributed by atoms with E-state index >= 15 is 0 Å². The first-order valence-electron chi connectivity index (χ1n) is 10.9. The number of aliphatic hydroxyl groups is 1. The third-order valence-electron chi connectivity index (χ3n) is 5.42. The van der Waals surface area contributed by atoms with Gasteiger partial charge in [0.1, 0.15) is 18.5 Å². The zero-order chi connectivity index (χ0) is 23.8. The van der Waals surface area contributed by atoms with Crippen LogP contribution in [0, 0.1) is 6.92 Å². The van der Waals surface area contributed by atoms with E-state index in [4.69, 9.17) is 25.1 Å². The lowest BCUT2D eigenvalue weighted by Gasteiger charge is -2.25. The van der Waals surface area contributed by atoms with E-state index in [-0.39, 0.29) is 43.0 Å². The molecule has 0 aliphatic carbocycles. The number of anilines is 1. The minimum Gasteiger partial charge on any atom is -0.491 e. The van der Waals surface area contributed by atoms with E-state index in [2.05, 4.69) is 31.0 Å². The normalized spacial score (nSPS) is 14.3. The van der Waals surface area contributed by atoms with Gasteiger partial charge in [0, 0.05) is 17.2 Å². The van der Waals surface area contributed by atoms with Crippen molar-refractivity contribution in [1.29, 1.82) is 0 Å². The molecule has 0 saturated carbocycles. The van der Waals surface area contributed by atoms with Gasteiger partial charge < -0.3 is 25.1 Å². The van der Waals surface area contributed by atoms with E-state index in [0.29, 0.717) is 36.1 Å². The molecule has 10 heteroatoms. The number of benzene rings is 1. The highest BCUT2D eigenvalue weighted by Gasteiger charge is 2.28.